The highest BCUT2D eigenvalue weighted by Crippen LogP contribution is 2.31. The molecule has 0 heterocycles. The van der Waals surface area contributed by atoms with Crippen LogP contribution in [-0.2, 0) is 6.42 Å². The number of terminal acetylenes is 1. The van der Waals surface area contributed by atoms with E-state index in [1.54, 1.807) is 11.5 Å². The Kier molecular flexibility index (Phi) is 3.43. The highest BCUT2D eigenvalue weighted by Gasteiger charge is 2.22. The molecule has 0 aliphatic heterocycles. The lowest BCUT2D eigenvalue weighted by Crippen LogP contribution is -2.21. The molecule has 17 heavy (non-hydrogen) atoms. The molecule has 0 fully saturated rings. The van der Waals surface area contributed by atoms with Crippen molar-refractivity contribution in [2.45, 2.75) is 18.9 Å². The zero-order chi connectivity index (χ0) is 12.3. The topological polar surface area (TPSA) is 61.4 Å². The van der Waals surface area contributed by atoms with Gasteiger partial charge < -0.3 is 0 Å². The Morgan fingerprint density at radius 1 is 1.59 bits per heavy atom. The number of benzene rings is 1. The quantitative estimate of drug-likeness (QED) is 0.412. The highest BCUT2D eigenvalue weighted by atomic mass is 16.5. The van der Waals surface area contributed by atoms with E-state index in [-0.39, 0.29) is 6.04 Å². The molecule has 0 unspecified atom stereocenters. The second-order valence-electron chi connectivity index (χ2n) is 4.03. The highest BCUT2D eigenvalue weighted by molar-refractivity contribution is 5.93. The summed E-state index contributed by atoms with van der Waals surface area (Å²) in [5.74, 6) is 2.05. The first-order valence-electron chi connectivity index (χ1n) is 5.50. The van der Waals surface area contributed by atoms with Crippen LogP contribution in [0.2, 0.25) is 0 Å². The molecule has 0 radical (unpaired) electrons. The standard InChI is InChI=1S/C13H14N2O2/c1-2-7-14-12-6-5-9-3-4-10(8-11(9)12)13(16)15-17/h1,3-4,8,12,14,17H,5-7H2,(H,15,16)/t12-/m0/s1. The van der Waals surface area contributed by atoms with Gasteiger partial charge in [-0.3, -0.25) is 15.3 Å². The first kappa shape index (κ1) is 11.6. The zero-order valence-electron chi connectivity index (χ0n) is 9.36. The number of hydroxylamine groups is 1. The van der Waals surface area contributed by atoms with Gasteiger partial charge in [-0.2, -0.15) is 0 Å². The Morgan fingerprint density at radius 2 is 2.41 bits per heavy atom. The fraction of sp³-hybridized carbons (Fsp3) is 0.308. The van der Waals surface area contributed by atoms with Gasteiger partial charge in [0, 0.05) is 11.6 Å². The van der Waals surface area contributed by atoms with Crippen molar-refractivity contribution in [1.82, 2.24) is 10.8 Å². The lowest BCUT2D eigenvalue weighted by molar-refractivity contribution is 0.0706. The molecular weight excluding hydrogens is 216 g/mol. The Bertz CT molecular complexity index is 477. The van der Waals surface area contributed by atoms with Gasteiger partial charge >= 0.3 is 0 Å². The summed E-state index contributed by atoms with van der Waals surface area (Å²) in [5.41, 5.74) is 4.43. The molecule has 0 saturated heterocycles. The smallest absolute Gasteiger partial charge is 0.274 e. The number of amides is 1. The van der Waals surface area contributed by atoms with Crippen LogP contribution in [0.4, 0.5) is 0 Å². The number of carbonyl (C=O) groups excluding carboxylic acids is 1. The molecule has 1 aliphatic carbocycles. The number of hydrogen-bond acceptors (Lipinski definition) is 3. The Labute approximate surface area is 100.0 Å². The summed E-state index contributed by atoms with van der Waals surface area (Å²) in [7, 11) is 0. The number of carbonyl (C=O) groups is 1. The molecule has 1 aromatic rings. The van der Waals surface area contributed by atoms with Crippen LogP contribution < -0.4 is 10.8 Å². The molecule has 4 heteroatoms. The van der Waals surface area contributed by atoms with Gasteiger partial charge in [0.2, 0.25) is 0 Å². The minimum atomic E-state index is -0.490. The second-order valence-corrected chi connectivity index (χ2v) is 4.03. The van der Waals surface area contributed by atoms with E-state index in [1.165, 1.54) is 5.56 Å². The van der Waals surface area contributed by atoms with Crippen molar-refractivity contribution in [3.63, 3.8) is 0 Å². The molecule has 0 saturated carbocycles. The summed E-state index contributed by atoms with van der Waals surface area (Å²) in [5, 5.41) is 11.8. The molecular formula is C13H14N2O2. The third-order valence-corrected chi connectivity index (χ3v) is 3.04. The van der Waals surface area contributed by atoms with E-state index in [0.29, 0.717) is 12.1 Å². The lowest BCUT2D eigenvalue weighted by atomic mass is 10.0. The Hall–Kier alpha value is -1.83. The molecule has 0 bridgehead atoms. The van der Waals surface area contributed by atoms with Crippen LogP contribution in [-0.4, -0.2) is 17.7 Å². The first-order chi connectivity index (χ1) is 8.26. The van der Waals surface area contributed by atoms with E-state index in [4.69, 9.17) is 11.6 Å². The molecule has 0 spiro atoms. The van der Waals surface area contributed by atoms with Gasteiger partial charge in [-0.15, -0.1) is 6.42 Å². The van der Waals surface area contributed by atoms with Crippen LogP contribution in [0, 0.1) is 12.3 Å². The van der Waals surface area contributed by atoms with E-state index in [1.807, 2.05) is 12.1 Å². The Balaban J connectivity index is 2.24. The van der Waals surface area contributed by atoms with Crippen LogP contribution in [0.3, 0.4) is 0 Å². The molecule has 1 amide bonds. The molecule has 2 rings (SSSR count). The van der Waals surface area contributed by atoms with Crippen molar-refractivity contribution in [2.75, 3.05) is 6.54 Å². The van der Waals surface area contributed by atoms with E-state index >= 15 is 0 Å². The number of fused-ring (bicyclic) bond motifs is 1. The number of aryl methyl sites for hydroxylation is 1. The first-order valence-corrected chi connectivity index (χ1v) is 5.50. The lowest BCUT2D eigenvalue weighted by Gasteiger charge is -2.12. The minimum Gasteiger partial charge on any atom is -0.299 e. The zero-order valence-corrected chi connectivity index (χ0v) is 9.36. The van der Waals surface area contributed by atoms with Gasteiger partial charge in [0.05, 0.1) is 6.54 Å². The van der Waals surface area contributed by atoms with E-state index < -0.39 is 5.91 Å². The summed E-state index contributed by atoms with van der Waals surface area (Å²) in [6, 6.07) is 5.65. The van der Waals surface area contributed by atoms with E-state index in [9.17, 15) is 4.79 Å². The van der Waals surface area contributed by atoms with Gasteiger partial charge in [-0.25, -0.2) is 5.48 Å². The average Bonchev–Trinajstić information content (AvgIpc) is 2.77. The maximum Gasteiger partial charge on any atom is 0.274 e. The third-order valence-electron chi connectivity index (χ3n) is 3.04. The molecule has 1 atom stereocenters. The molecule has 1 aromatic carbocycles. The van der Waals surface area contributed by atoms with Crippen LogP contribution in [0.5, 0.6) is 0 Å². The van der Waals surface area contributed by atoms with Gasteiger partial charge in [-0.1, -0.05) is 12.0 Å². The summed E-state index contributed by atoms with van der Waals surface area (Å²) in [6.07, 6.45) is 7.19. The van der Waals surface area contributed by atoms with Crippen molar-refractivity contribution in [2.24, 2.45) is 0 Å². The fourth-order valence-electron chi connectivity index (χ4n) is 2.20. The van der Waals surface area contributed by atoms with Gasteiger partial charge in [0.25, 0.3) is 5.91 Å². The summed E-state index contributed by atoms with van der Waals surface area (Å²) in [6.45, 7) is 0.514. The van der Waals surface area contributed by atoms with Crippen LogP contribution in [0.1, 0.15) is 33.9 Å². The predicted molar refractivity (Wildman–Crippen MR) is 63.6 cm³/mol. The molecule has 0 aromatic heterocycles. The molecule has 1 aliphatic rings. The van der Waals surface area contributed by atoms with Crippen molar-refractivity contribution in [1.29, 1.82) is 0 Å². The Morgan fingerprint density at radius 3 is 3.12 bits per heavy atom. The van der Waals surface area contributed by atoms with Crippen LogP contribution >= 0.6 is 0 Å². The largest absolute Gasteiger partial charge is 0.299 e. The van der Waals surface area contributed by atoms with Gasteiger partial charge in [0.15, 0.2) is 0 Å². The van der Waals surface area contributed by atoms with Gasteiger partial charge in [0.1, 0.15) is 0 Å². The molecule has 4 nitrogen and oxygen atoms in total. The fourth-order valence-corrected chi connectivity index (χ4v) is 2.20. The predicted octanol–water partition coefficient (Wildman–Crippen LogP) is 1.02. The SMILES string of the molecule is C#CCN[C@H]1CCc2ccc(C(=O)NO)cc21. The third kappa shape index (κ3) is 2.31. The average molecular weight is 230 g/mol. The number of nitrogens with one attached hydrogen (secondary N) is 2. The summed E-state index contributed by atoms with van der Waals surface area (Å²) in [4.78, 5) is 11.3. The van der Waals surface area contributed by atoms with Crippen molar-refractivity contribution in [3.8, 4) is 12.3 Å². The summed E-state index contributed by atoms with van der Waals surface area (Å²) >= 11 is 0. The monoisotopic (exact) mass is 230 g/mol. The van der Waals surface area contributed by atoms with Crippen molar-refractivity contribution in [3.05, 3.63) is 34.9 Å². The number of rotatable bonds is 3. The second kappa shape index (κ2) is 5.00. The van der Waals surface area contributed by atoms with Crippen LogP contribution in [0.25, 0.3) is 0 Å². The van der Waals surface area contributed by atoms with Crippen molar-refractivity contribution >= 4 is 5.91 Å². The molecule has 88 valence electrons. The van der Waals surface area contributed by atoms with E-state index in [0.717, 1.165) is 18.4 Å². The van der Waals surface area contributed by atoms with Crippen LogP contribution in [0.15, 0.2) is 18.2 Å². The van der Waals surface area contributed by atoms with Crippen molar-refractivity contribution < 1.29 is 10.0 Å². The normalized spacial score (nSPS) is 17.3. The van der Waals surface area contributed by atoms with E-state index in [2.05, 4.69) is 11.2 Å². The number of hydrogen-bond donors (Lipinski definition) is 3. The van der Waals surface area contributed by atoms with Gasteiger partial charge in [-0.05, 0) is 36.1 Å². The molecule has 3 N–H and O–H groups in total. The maximum atomic E-state index is 11.3. The summed E-state index contributed by atoms with van der Waals surface area (Å²) < 4.78 is 0. The minimum absolute atomic E-state index is 0.201. The maximum absolute atomic E-state index is 11.3.